The molecule has 0 bridgehead atoms. The molecule has 1 aliphatic heterocycles. The molecule has 11 heteroatoms. The van der Waals surface area contributed by atoms with E-state index in [2.05, 4.69) is 0 Å². The van der Waals surface area contributed by atoms with Gasteiger partial charge in [0.05, 0.1) is 12.1 Å². The number of halogens is 2. The molecule has 9 nitrogen and oxygen atoms in total. The lowest BCUT2D eigenvalue weighted by Crippen LogP contribution is -2.43. The minimum absolute atomic E-state index is 0.142. The van der Waals surface area contributed by atoms with Gasteiger partial charge in [-0.15, -0.1) is 0 Å². The fourth-order valence-corrected chi connectivity index (χ4v) is 4.94. The maximum atomic E-state index is 13.8. The standard InChI is InChI=1S/C26H24Cl2N4O5/c1-36-21(33)15-31-25(34)22-24(30(26(31)35)14-16-10-12-37-13-11-16)29-23(19-4-2-3-5-20(19)28)32(22)18-8-6-17(27)7-9-18/h2-9,16H,10-15H2,1H3. The number of nitrogens with zero attached hydrogens (tertiary/aromatic N) is 4. The minimum atomic E-state index is -0.708. The van der Waals surface area contributed by atoms with Crippen LogP contribution in [0.2, 0.25) is 10.0 Å². The van der Waals surface area contributed by atoms with Gasteiger partial charge in [-0.1, -0.05) is 35.3 Å². The second kappa shape index (κ2) is 10.5. The molecule has 1 saturated heterocycles. The van der Waals surface area contributed by atoms with E-state index in [9.17, 15) is 14.4 Å². The van der Waals surface area contributed by atoms with Crippen molar-refractivity contribution >= 4 is 40.3 Å². The highest BCUT2D eigenvalue weighted by Crippen LogP contribution is 2.32. The Morgan fingerprint density at radius 3 is 2.43 bits per heavy atom. The van der Waals surface area contributed by atoms with E-state index in [1.807, 2.05) is 6.07 Å². The van der Waals surface area contributed by atoms with Gasteiger partial charge in [-0.3, -0.25) is 18.7 Å². The molecule has 3 heterocycles. The molecule has 2 aromatic heterocycles. The molecular formula is C26H24Cl2N4O5. The fraction of sp³-hybridized carbons (Fsp3) is 0.308. The summed E-state index contributed by atoms with van der Waals surface area (Å²) in [4.78, 5) is 44.5. The van der Waals surface area contributed by atoms with Crippen molar-refractivity contribution in [2.75, 3.05) is 20.3 Å². The molecule has 0 saturated carbocycles. The van der Waals surface area contributed by atoms with Gasteiger partial charge in [0.1, 0.15) is 12.4 Å². The molecular weight excluding hydrogens is 519 g/mol. The van der Waals surface area contributed by atoms with Gasteiger partial charge in [0.2, 0.25) is 0 Å². The first-order valence-corrected chi connectivity index (χ1v) is 12.6. The molecule has 0 unspecified atom stereocenters. The van der Waals surface area contributed by atoms with Gasteiger partial charge in [-0.2, -0.15) is 0 Å². The average Bonchev–Trinajstić information content (AvgIpc) is 3.30. The molecule has 0 N–H and O–H groups in total. The van der Waals surface area contributed by atoms with E-state index in [0.717, 1.165) is 17.4 Å². The number of carbonyl (C=O) groups is 1. The third-order valence-electron chi connectivity index (χ3n) is 6.52. The zero-order valence-corrected chi connectivity index (χ0v) is 21.5. The lowest BCUT2D eigenvalue weighted by atomic mass is 10.0. The molecule has 5 rings (SSSR count). The second-order valence-electron chi connectivity index (χ2n) is 8.82. The molecule has 192 valence electrons. The van der Waals surface area contributed by atoms with Gasteiger partial charge in [0.25, 0.3) is 5.56 Å². The number of rotatable bonds is 6. The number of fused-ring (bicyclic) bond motifs is 1. The van der Waals surface area contributed by atoms with Crippen LogP contribution >= 0.6 is 23.2 Å². The summed E-state index contributed by atoms with van der Waals surface area (Å²) in [6.45, 7) is 0.980. The number of benzene rings is 2. The van der Waals surface area contributed by atoms with E-state index in [1.165, 1.54) is 11.7 Å². The van der Waals surface area contributed by atoms with Crippen LogP contribution in [0, 0.1) is 5.92 Å². The van der Waals surface area contributed by atoms with Crippen LogP contribution in [0.25, 0.3) is 28.2 Å². The summed E-state index contributed by atoms with van der Waals surface area (Å²) in [6, 6.07) is 14.0. The molecule has 0 amide bonds. The Bertz CT molecular complexity index is 1580. The van der Waals surface area contributed by atoms with Crippen molar-refractivity contribution in [3.8, 4) is 17.1 Å². The number of esters is 1. The predicted octanol–water partition coefficient (Wildman–Crippen LogP) is 3.92. The first-order chi connectivity index (χ1) is 17.9. The van der Waals surface area contributed by atoms with Crippen LogP contribution < -0.4 is 11.2 Å². The highest BCUT2D eigenvalue weighted by molar-refractivity contribution is 6.33. The van der Waals surface area contributed by atoms with Crippen molar-refractivity contribution in [1.82, 2.24) is 18.7 Å². The van der Waals surface area contributed by atoms with E-state index in [4.69, 9.17) is 37.7 Å². The number of ether oxygens (including phenoxy) is 2. The van der Waals surface area contributed by atoms with Crippen molar-refractivity contribution in [3.05, 3.63) is 79.4 Å². The van der Waals surface area contributed by atoms with Crippen molar-refractivity contribution in [3.63, 3.8) is 0 Å². The summed E-state index contributed by atoms with van der Waals surface area (Å²) in [5.41, 5.74) is 0.259. The van der Waals surface area contributed by atoms with Crippen molar-refractivity contribution < 1.29 is 14.3 Å². The second-order valence-corrected chi connectivity index (χ2v) is 9.66. The van der Waals surface area contributed by atoms with Crippen LogP contribution in [0.4, 0.5) is 0 Å². The summed E-state index contributed by atoms with van der Waals surface area (Å²) in [5.74, 6) is -0.181. The van der Waals surface area contributed by atoms with Crippen LogP contribution in [-0.4, -0.2) is 45.0 Å². The third kappa shape index (κ3) is 4.82. The Morgan fingerprint density at radius 1 is 1.05 bits per heavy atom. The van der Waals surface area contributed by atoms with Crippen molar-refractivity contribution in [1.29, 1.82) is 0 Å². The summed E-state index contributed by atoms with van der Waals surface area (Å²) >= 11 is 12.7. The van der Waals surface area contributed by atoms with Crippen LogP contribution in [0.1, 0.15) is 12.8 Å². The summed E-state index contributed by atoms with van der Waals surface area (Å²) in [6.07, 6.45) is 1.53. The molecule has 4 aromatic rings. The van der Waals surface area contributed by atoms with E-state index in [0.29, 0.717) is 46.9 Å². The maximum absolute atomic E-state index is 13.8. The van der Waals surface area contributed by atoms with Gasteiger partial charge in [0.15, 0.2) is 11.2 Å². The van der Waals surface area contributed by atoms with Gasteiger partial charge < -0.3 is 9.47 Å². The van der Waals surface area contributed by atoms with Crippen molar-refractivity contribution in [2.24, 2.45) is 5.92 Å². The molecule has 0 atom stereocenters. The highest BCUT2D eigenvalue weighted by Gasteiger charge is 2.27. The molecule has 0 spiro atoms. The first kappa shape index (κ1) is 25.3. The number of methoxy groups -OCH3 is 1. The molecule has 37 heavy (non-hydrogen) atoms. The van der Waals surface area contributed by atoms with Gasteiger partial charge in [0, 0.05) is 36.0 Å². The van der Waals surface area contributed by atoms with Crippen LogP contribution in [0.5, 0.6) is 0 Å². The molecule has 2 aromatic carbocycles. The number of carbonyl (C=O) groups excluding carboxylic acids is 1. The monoisotopic (exact) mass is 542 g/mol. The molecule has 1 fully saturated rings. The largest absolute Gasteiger partial charge is 0.468 e. The van der Waals surface area contributed by atoms with E-state index in [-0.39, 0.29) is 17.1 Å². The Balaban J connectivity index is 1.87. The third-order valence-corrected chi connectivity index (χ3v) is 7.10. The number of hydrogen-bond acceptors (Lipinski definition) is 6. The average molecular weight is 543 g/mol. The first-order valence-electron chi connectivity index (χ1n) is 11.8. The summed E-state index contributed by atoms with van der Waals surface area (Å²) in [5, 5.41) is 0.952. The fourth-order valence-electron chi connectivity index (χ4n) is 4.59. The highest BCUT2D eigenvalue weighted by atomic mass is 35.5. The smallest absolute Gasteiger partial charge is 0.333 e. The number of imidazole rings is 1. The van der Waals surface area contributed by atoms with Crippen LogP contribution in [0.3, 0.4) is 0 Å². The lowest BCUT2D eigenvalue weighted by molar-refractivity contribution is -0.141. The zero-order valence-electron chi connectivity index (χ0n) is 20.0. The van der Waals surface area contributed by atoms with Gasteiger partial charge >= 0.3 is 11.7 Å². The lowest BCUT2D eigenvalue weighted by Gasteiger charge is -2.23. The topological polar surface area (TPSA) is 97.4 Å². The summed E-state index contributed by atoms with van der Waals surface area (Å²) in [7, 11) is 1.21. The molecule has 0 aliphatic carbocycles. The Hall–Kier alpha value is -3.40. The SMILES string of the molecule is COC(=O)Cn1c(=O)c2c(nc(-c3ccccc3Cl)n2-c2ccc(Cl)cc2)n(CC2CCOCC2)c1=O. The molecule has 1 aliphatic rings. The Morgan fingerprint density at radius 2 is 1.76 bits per heavy atom. The number of aromatic nitrogens is 4. The minimum Gasteiger partial charge on any atom is -0.468 e. The van der Waals surface area contributed by atoms with E-state index in [1.54, 1.807) is 47.0 Å². The van der Waals surface area contributed by atoms with E-state index >= 15 is 0 Å². The summed E-state index contributed by atoms with van der Waals surface area (Å²) < 4.78 is 14.3. The van der Waals surface area contributed by atoms with Gasteiger partial charge in [-0.25, -0.2) is 14.3 Å². The van der Waals surface area contributed by atoms with Crippen LogP contribution in [-0.2, 0) is 27.4 Å². The Kier molecular flexibility index (Phi) is 7.19. The normalized spacial score (nSPS) is 14.2. The zero-order chi connectivity index (χ0) is 26.1. The number of hydrogen-bond donors (Lipinski definition) is 0. The van der Waals surface area contributed by atoms with Crippen molar-refractivity contribution in [2.45, 2.75) is 25.9 Å². The maximum Gasteiger partial charge on any atom is 0.333 e. The van der Waals surface area contributed by atoms with E-state index < -0.39 is 23.8 Å². The van der Waals surface area contributed by atoms with Gasteiger partial charge in [-0.05, 0) is 55.2 Å². The molecule has 0 radical (unpaired) electrons. The quantitative estimate of drug-likeness (QED) is 0.342. The Labute approximate surface area is 221 Å². The predicted molar refractivity (Wildman–Crippen MR) is 141 cm³/mol. The van der Waals surface area contributed by atoms with Crippen LogP contribution in [0.15, 0.2) is 58.1 Å².